The highest BCUT2D eigenvalue weighted by Crippen LogP contribution is 2.44. The van der Waals surface area contributed by atoms with Crippen molar-refractivity contribution in [3.63, 3.8) is 0 Å². The van der Waals surface area contributed by atoms with Crippen molar-refractivity contribution in [2.75, 3.05) is 5.32 Å². The first kappa shape index (κ1) is 15.9. The van der Waals surface area contributed by atoms with E-state index in [1.165, 1.54) is 12.1 Å². The molecule has 1 aromatic carbocycles. The van der Waals surface area contributed by atoms with Crippen LogP contribution < -0.4 is 5.32 Å². The molecule has 0 radical (unpaired) electrons. The molecule has 2 rings (SSSR count). The molecule has 1 amide bonds. The van der Waals surface area contributed by atoms with E-state index in [0.717, 1.165) is 25.7 Å². The van der Waals surface area contributed by atoms with E-state index in [0.29, 0.717) is 10.2 Å². The number of hydrogen-bond donors (Lipinski definition) is 2. The fraction of sp³-hybridized carbons (Fsp3) is 0.467. The number of carboxylic acids is 1. The topological polar surface area (TPSA) is 66.4 Å². The zero-order chi connectivity index (χ0) is 15.5. The van der Waals surface area contributed by atoms with E-state index in [-0.39, 0.29) is 18.7 Å². The highest BCUT2D eigenvalue weighted by Gasteiger charge is 2.37. The van der Waals surface area contributed by atoms with Crippen LogP contribution >= 0.6 is 15.9 Å². The molecule has 21 heavy (non-hydrogen) atoms. The predicted octanol–water partition coefficient (Wildman–Crippen LogP) is 3.95. The van der Waals surface area contributed by atoms with Crippen LogP contribution in [0.25, 0.3) is 0 Å². The molecule has 6 heteroatoms. The van der Waals surface area contributed by atoms with Gasteiger partial charge in [-0.3, -0.25) is 9.59 Å². The number of carbonyl (C=O) groups is 2. The Morgan fingerprint density at radius 3 is 2.52 bits per heavy atom. The molecule has 0 atom stereocenters. The Balaban J connectivity index is 2.02. The molecule has 1 aromatic rings. The van der Waals surface area contributed by atoms with Crippen molar-refractivity contribution in [3.8, 4) is 0 Å². The minimum atomic E-state index is -0.876. The van der Waals surface area contributed by atoms with Crippen molar-refractivity contribution in [2.45, 2.75) is 38.5 Å². The standard InChI is InChI=1S/C15H17BrFNO3/c16-11-4-3-10(7-12(11)17)18-13(19)8-15(9-14(20)21)5-1-2-6-15/h3-4,7H,1-2,5-6,8-9H2,(H,18,19)(H,20,21). The number of anilines is 1. The Morgan fingerprint density at radius 1 is 1.29 bits per heavy atom. The number of benzene rings is 1. The lowest BCUT2D eigenvalue weighted by atomic mass is 9.79. The normalized spacial score (nSPS) is 16.7. The number of carbonyl (C=O) groups excluding carboxylic acids is 1. The molecule has 4 nitrogen and oxygen atoms in total. The van der Waals surface area contributed by atoms with Crippen molar-refractivity contribution in [2.24, 2.45) is 5.41 Å². The molecule has 1 aliphatic carbocycles. The Bertz CT molecular complexity index is 556. The Kier molecular flexibility index (Phi) is 4.98. The van der Waals surface area contributed by atoms with E-state index >= 15 is 0 Å². The van der Waals surface area contributed by atoms with Gasteiger partial charge in [0.15, 0.2) is 0 Å². The summed E-state index contributed by atoms with van der Waals surface area (Å²) in [7, 11) is 0. The molecular formula is C15H17BrFNO3. The van der Waals surface area contributed by atoms with Crippen LogP contribution in [0.5, 0.6) is 0 Å². The third-order valence-electron chi connectivity index (χ3n) is 3.93. The second-order valence-corrected chi connectivity index (χ2v) is 6.49. The van der Waals surface area contributed by atoms with Crippen molar-refractivity contribution in [1.29, 1.82) is 0 Å². The minimum absolute atomic E-state index is 0.00905. The summed E-state index contributed by atoms with van der Waals surface area (Å²) in [5, 5.41) is 11.7. The van der Waals surface area contributed by atoms with Crippen LogP contribution in [0.3, 0.4) is 0 Å². The molecule has 0 unspecified atom stereocenters. The van der Waals surface area contributed by atoms with Crippen LogP contribution in [-0.4, -0.2) is 17.0 Å². The molecule has 0 aromatic heterocycles. The molecule has 1 aliphatic rings. The molecule has 1 saturated carbocycles. The lowest BCUT2D eigenvalue weighted by Gasteiger charge is -2.26. The Hall–Kier alpha value is -1.43. The van der Waals surface area contributed by atoms with Gasteiger partial charge in [0.2, 0.25) is 5.91 Å². The van der Waals surface area contributed by atoms with E-state index in [9.17, 15) is 14.0 Å². The van der Waals surface area contributed by atoms with Crippen molar-refractivity contribution >= 4 is 33.5 Å². The summed E-state index contributed by atoms with van der Waals surface area (Å²) < 4.78 is 13.7. The molecule has 0 bridgehead atoms. The van der Waals surface area contributed by atoms with Gasteiger partial charge in [0.05, 0.1) is 10.9 Å². The quantitative estimate of drug-likeness (QED) is 0.838. The third-order valence-corrected chi connectivity index (χ3v) is 4.57. The molecular weight excluding hydrogens is 341 g/mol. The number of carboxylic acid groups (broad SMARTS) is 1. The van der Waals surface area contributed by atoms with Crippen LogP contribution in [0.15, 0.2) is 22.7 Å². The summed E-state index contributed by atoms with van der Waals surface area (Å²) in [4.78, 5) is 23.1. The molecule has 0 spiro atoms. The van der Waals surface area contributed by atoms with E-state index in [2.05, 4.69) is 21.2 Å². The molecule has 1 fully saturated rings. The zero-order valence-electron chi connectivity index (χ0n) is 11.5. The predicted molar refractivity (Wildman–Crippen MR) is 80.5 cm³/mol. The number of nitrogens with one attached hydrogen (secondary N) is 1. The fourth-order valence-electron chi connectivity index (χ4n) is 2.98. The number of halogens is 2. The van der Waals surface area contributed by atoms with Gasteiger partial charge < -0.3 is 10.4 Å². The van der Waals surface area contributed by atoms with Gasteiger partial charge in [0.1, 0.15) is 5.82 Å². The molecule has 0 aliphatic heterocycles. The van der Waals surface area contributed by atoms with Crippen LogP contribution in [0.2, 0.25) is 0 Å². The third kappa shape index (κ3) is 4.27. The lowest BCUT2D eigenvalue weighted by Crippen LogP contribution is -2.27. The SMILES string of the molecule is O=C(O)CC1(CC(=O)Nc2ccc(Br)c(F)c2)CCCC1. The number of rotatable bonds is 5. The summed E-state index contributed by atoms with van der Waals surface area (Å²) in [6.07, 6.45) is 3.58. The van der Waals surface area contributed by atoms with Crippen LogP contribution in [-0.2, 0) is 9.59 Å². The summed E-state index contributed by atoms with van der Waals surface area (Å²) in [6.45, 7) is 0. The largest absolute Gasteiger partial charge is 0.481 e. The van der Waals surface area contributed by atoms with Gasteiger partial charge in [-0.25, -0.2) is 4.39 Å². The van der Waals surface area contributed by atoms with E-state index in [1.54, 1.807) is 6.07 Å². The average molecular weight is 358 g/mol. The molecule has 0 saturated heterocycles. The van der Waals surface area contributed by atoms with Gasteiger partial charge in [-0.2, -0.15) is 0 Å². The first-order chi connectivity index (χ1) is 9.90. The summed E-state index contributed by atoms with van der Waals surface area (Å²) in [6, 6.07) is 4.36. The average Bonchev–Trinajstić information content (AvgIpc) is 2.80. The first-order valence-corrected chi connectivity index (χ1v) is 7.66. The zero-order valence-corrected chi connectivity index (χ0v) is 13.1. The summed E-state index contributed by atoms with van der Waals surface area (Å²) in [5.74, 6) is -1.59. The number of amides is 1. The molecule has 0 heterocycles. The summed E-state index contributed by atoms with van der Waals surface area (Å²) in [5.41, 5.74) is -0.0757. The van der Waals surface area contributed by atoms with Gasteiger partial charge in [-0.05, 0) is 52.4 Å². The van der Waals surface area contributed by atoms with Gasteiger partial charge in [0, 0.05) is 12.1 Å². The van der Waals surface area contributed by atoms with Crippen molar-refractivity contribution in [1.82, 2.24) is 0 Å². The number of hydrogen-bond acceptors (Lipinski definition) is 2. The van der Waals surface area contributed by atoms with Gasteiger partial charge in [-0.1, -0.05) is 12.8 Å². The van der Waals surface area contributed by atoms with E-state index in [1.807, 2.05) is 0 Å². The molecule has 2 N–H and O–H groups in total. The molecule has 114 valence electrons. The van der Waals surface area contributed by atoms with Gasteiger partial charge in [0.25, 0.3) is 0 Å². The van der Waals surface area contributed by atoms with Crippen LogP contribution in [0.4, 0.5) is 10.1 Å². The first-order valence-electron chi connectivity index (χ1n) is 6.87. The highest BCUT2D eigenvalue weighted by atomic mass is 79.9. The number of aliphatic carboxylic acids is 1. The monoisotopic (exact) mass is 357 g/mol. The maximum absolute atomic E-state index is 13.4. The van der Waals surface area contributed by atoms with Crippen molar-refractivity contribution < 1.29 is 19.1 Å². The van der Waals surface area contributed by atoms with Crippen molar-refractivity contribution in [3.05, 3.63) is 28.5 Å². The second kappa shape index (κ2) is 6.56. The highest BCUT2D eigenvalue weighted by molar-refractivity contribution is 9.10. The summed E-state index contributed by atoms with van der Waals surface area (Å²) >= 11 is 3.05. The Morgan fingerprint density at radius 2 is 1.95 bits per heavy atom. The smallest absolute Gasteiger partial charge is 0.303 e. The minimum Gasteiger partial charge on any atom is -0.481 e. The van der Waals surface area contributed by atoms with Gasteiger partial charge in [-0.15, -0.1) is 0 Å². The second-order valence-electron chi connectivity index (χ2n) is 5.63. The van der Waals surface area contributed by atoms with Gasteiger partial charge >= 0.3 is 5.97 Å². The lowest BCUT2D eigenvalue weighted by molar-refractivity contribution is -0.140. The van der Waals surface area contributed by atoms with E-state index < -0.39 is 17.2 Å². The van der Waals surface area contributed by atoms with E-state index in [4.69, 9.17) is 5.11 Å². The maximum atomic E-state index is 13.4. The fourth-order valence-corrected chi connectivity index (χ4v) is 3.23. The van der Waals surface area contributed by atoms with Crippen LogP contribution in [0.1, 0.15) is 38.5 Å². The van der Waals surface area contributed by atoms with Crippen LogP contribution in [0, 0.1) is 11.2 Å². The Labute approximate surface area is 130 Å². The maximum Gasteiger partial charge on any atom is 0.303 e.